The minimum absolute atomic E-state index is 0.390. The average Bonchev–Trinajstić information content (AvgIpc) is 2.76. The van der Waals surface area contributed by atoms with Gasteiger partial charge in [0.1, 0.15) is 10.6 Å². The number of β-amino-alcohol motifs (C(OH)–C–C–N with tert-alkyl or cyclic N) is 1. The summed E-state index contributed by atoms with van der Waals surface area (Å²) < 4.78 is 5.39. The molecule has 0 radical (unpaired) electrons. The van der Waals surface area contributed by atoms with E-state index in [0.717, 1.165) is 31.0 Å². The molecule has 1 fully saturated rings. The number of nitrogens with zero attached hydrogens (tertiary/aromatic N) is 1. The molecule has 0 spiro atoms. The fraction of sp³-hybridized carbons (Fsp3) is 0.769. The van der Waals surface area contributed by atoms with E-state index in [1.807, 2.05) is 0 Å². The third kappa shape index (κ3) is 5.31. The van der Waals surface area contributed by atoms with Crippen LogP contribution in [-0.4, -0.2) is 61.3 Å². The second kappa shape index (κ2) is 8.31. The molecule has 0 aliphatic carbocycles. The van der Waals surface area contributed by atoms with E-state index in [2.05, 4.69) is 27.3 Å². The highest BCUT2D eigenvalue weighted by Gasteiger charge is 2.28. The van der Waals surface area contributed by atoms with Crippen molar-refractivity contribution in [2.45, 2.75) is 17.8 Å². The van der Waals surface area contributed by atoms with Crippen molar-refractivity contribution in [3.63, 3.8) is 0 Å². The van der Waals surface area contributed by atoms with Crippen molar-refractivity contribution in [3.8, 4) is 0 Å². The molecule has 2 rings (SSSR count). The fourth-order valence-corrected chi connectivity index (χ4v) is 3.63. The van der Waals surface area contributed by atoms with Crippen molar-refractivity contribution >= 4 is 23.1 Å². The SMILES string of the molecule is CSCc1nc(CCNCC2(O)CNCCOC2)cs1. The Morgan fingerprint density at radius 3 is 3.40 bits per heavy atom. The fourth-order valence-electron chi connectivity index (χ4n) is 2.08. The number of ether oxygens (including phenoxy) is 1. The Labute approximate surface area is 128 Å². The molecular weight excluding hydrogens is 294 g/mol. The number of hydrogen-bond acceptors (Lipinski definition) is 7. The zero-order valence-electron chi connectivity index (χ0n) is 11.9. The van der Waals surface area contributed by atoms with Crippen LogP contribution in [0.5, 0.6) is 0 Å². The monoisotopic (exact) mass is 317 g/mol. The van der Waals surface area contributed by atoms with Gasteiger partial charge in [-0.15, -0.1) is 11.3 Å². The smallest absolute Gasteiger partial charge is 0.113 e. The third-order valence-corrected chi connectivity index (χ3v) is 4.77. The van der Waals surface area contributed by atoms with Gasteiger partial charge in [0.2, 0.25) is 0 Å². The summed E-state index contributed by atoms with van der Waals surface area (Å²) in [6.07, 6.45) is 2.99. The van der Waals surface area contributed by atoms with Gasteiger partial charge in [-0.3, -0.25) is 0 Å². The van der Waals surface area contributed by atoms with Gasteiger partial charge in [0, 0.05) is 43.7 Å². The molecule has 20 heavy (non-hydrogen) atoms. The van der Waals surface area contributed by atoms with Gasteiger partial charge in [0.05, 0.1) is 18.9 Å². The standard InChI is InChI=1S/C13H23N3O2S2/c1-19-7-12-16-11(6-20-12)2-3-14-8-13(17)9-15-4-5-18-10-13/h6,14-15,17H,2-5,7-10H2,1H3. The van der Waals surface area contributed by atoms with Gasteiger partial charge in [0.15, 0.2) is 0 Å². The molecule has 0 saturated carbocycles. The van der Waals surface area contributed by atoms with E-state index < -0.39 is 5.60 Å². The molecule has 3 N–H and O–H groups in total. The van der Waals surface area contributed by atoms with Crippen LogP contribution in [0.2, 0.25) is 0 Å². The zero-order chi connectivity index (χ0) is 14.3. The van der Waals surface area contributed by atoms with E-state index in [4.69, 9.17) is 4.74 Å². The first-order chi connectivity index (χ1) is 9.72. The van der Waals surface area contributed by atoms with Crippen LogP contribution in [0.1, 0.15) is 10.7 Å². The minimum Gasteiger partial charge on any atom is -0.385 e. The normalized spacial score (nSPS) is 23.7. The molecular formula is C13H23N3O2S2. The number of aromatic nitrogens is 1. The van der Waals surface area contributed by atoms with Crippen molar-refractivity contribution in [2.24, 2.45) is 0 Å². The van der Waals surface area contributed by atoms with Gasteiger partial charge < -0.3 is 20.5 Å². The predicted molar refractivity (Wildman–Crippen MR) is 84.5 cm³/mol. The number of nitrogens with one attached hydrogen (secondary N) is 2. The summed E-state index contributed by atoms with van der Waals surface area (Å²) in [6.45, 7) is 3.81. The van der Waals surface area contributed by atoms with Gasteiger partial charge in [-0.25, -0.2) is 4.98 Å². The molecule has 0 aromatic carbocycles. The van der Waals surface area contributed by atoms with E-state index in [9.17, 15) is 5.11 Å². The number of rotatable bonds is 7. The van der Waals surface area contributed by atoms with E-state index in [0.29, 0.717) is 26.3 Å². The molecule has 1 unspecified atom stereocenters. The summed E-state index contributed by atoms with van der Waals surface area (Å²) in [5.74, 6) is 0.987. The highest BCUT2D eigenvalue weighted by molar-refractivity contribution is 7.97. The number of thioether (sulfide) groups is 1. The molecule has 1 atom stereocenters. The van der Waals surface area contributed by atoms with Gasteiger partial charge in [-0.2, -0.15) is 11.8 Å². The van der Waals surface area contributed by atoms with E-state index in [-0.39, 0.29) is 0 Å². The molecule has 0 amide bonds. The Balaban J connectivity index is 1.67. The van der Waals surface area contributed by atoms with Gasteiger partial charge in [0.25, 0.3) is 0 Å². The van der Waals surface area contributed by atoms with Gasteiger partial charge in [-0.05, 0) is 6.26 Å². The van der Waals surface area contributed by atoms with Crippen molar-refractivity contribution in [1.82, 2.24) is 15.6 Å². The van der Waals surface area contributed by atoms with Gasteiger partial charge >= 0.3 is 0 Å². The summed E-state index contributed by atoms with van der Waals surface area (Å²) >= 11 is 3.52. The lowest BCUT2D eigenvalue weighted by Gasteiger charge is -2.26. The number of thiazole rings is 1. The maximum Gasteiger partial charge on any atom is 0.113 e. The van der Waals surface area contributed by atoms with Gasteiger partial charge in [-0.1, -0.05) is 0 Å². The van der Waals surface area contributed by atoms with Crippen LogP contribution in [-0.2, 0) is 16.9 Å². The molecule has 5 nitrogen and oxygen atoms in total. The van der Waals surface area contributed by atoms with E-state index >= 15 is 0 Å². The number of hydrogen-bond donors (Lipinski definition) is 3. The Bertz CT molecular complexity index is 393. The van der Waals surface area contributed by atoms with Crippen LogP contribution in [0.3, 0.4) is 0 Å². The first-order valence-electron chi connectivity index (χ1n) is 6.86. The van der Waals surface area contributed by atoms with Crippen molar-refractivity contribution in [2.75, 3.05) is 45.6 Å². The summed E-state index contributed by atoms with van der Waals surface area (Å²) in [7, 11) is 0. The summed E-state index contributed by atoms with van der Waals surface area (Å²) in [4.78, 5) is 4.57. The minimum atomic E-state index is -0.803. The van der Waals surface area contributed by atoms with Crippen molar-refractivity contribution in [1.29, 1.82) is 0 Å². The van der Waals surface area contributed by atoms with E-state index in [1.165, 1.54) is 5.01 Å². The molecule has 0 bridgehead atoms. The topological polar surface area (TPSA) is 66.4 Å². The Morgan fingerprint density at radius 1 is 1.65 bits per heavy atom. The first kappa shape index (κ1) is 16.2. The van der Waals surface area contributed by atoms with Crippen LogP contribution in [0.25, 0.3) is 0 Å². The lowest BCUT2D eigenvalue weighted by Crippen LogP contribution is -2.50. The molecule has 1 aromatic rings. The molecule has 7 heteroatoms. The second-order valence-corrected chi connectivity index (χ2v) is 6.85. The predicted octanol–water partition coefficient (Wildman–Crippen LogP) is 0.489. The van der Waals surface area contributed by atoms with Crippen LogP contribution in [0, 0.1) is 0 Å². The van der Waals surface area contributed by atoms with Crippen LogP contribution in [0.15, 0.2) is 5.38 Å². The second-order valence-electron chi connectivity index (χ2n) is 5.05. The maximum absolute atomic E-state index is 10.4. The average molecular weight is 317 g/mol. The lowest BCUT2D eigenvalue weighted by atomic mass is 10.1. The van der Waals surface area contributed by atoms with Crippen LogP contribution in [0.4, 0.5) is 0 Å². The largest absolute Gasteiger partial charge is 0.385 e. The summed E-state index contributed by atoms with van der Waals surface area (Å²) in [5.41, 5.74) is 0.330. The molecule has 1 aliphatic rings. The lowest BCUT2D eigenvalue weighted by molar-refractivity contribution is -0.0260. The molecule has 1 saturated heterocycles. The maximum atomic E-state index is 10.4. The van der Waals surface area contributed by atoms with Crippen LogP contribution < -0.4 is 10.6 Å². The molecule has 114 valence electrons. The molecule has 1 aromatic heterocycles. The highest BCUT2D eigenvalue weighted by atomic mass is 32.2. The number of aliphatic hydroxyl groups is 1. The highest BCUT2D eigenvalue weighted by Crippen LogP contribution is 2.15. The Hall–Kier alpha value is -0.180. The first-order valence-corrected chi connectivity index (χ1v) is 9.13. The zero-order valence-corrected chi connectivity index (χ0v) is 13.5. The van der Waals surface area contributed by atoms with Crippen molar-refractivity contribution in [3.05, 3.63) is 16.1 Å². The summed E-state index contributed by atoms with van der Waals surface area (Å²) in [6, 6.07) is 0. The third-order valence-electron chi connectivity index (χ3n) is 3.13. The molecule has 1 aliphatic heterocycles. The van der Waals surface area contributed by atoms with Crippen LogP contribution >= 0.6 is 23.1 Å². The Morgan fingerprint density at radius 2 is 2.55 bits per heavy atom. The van der Waals surface area contributed by atoms with Crippen molar-refractivity contribution < 1.29 is 9.84 Å². The van der Waals surface area contributed by atoms with E-state index in [1.54, 1.807) is 23.1 Å². The quantitative estimate of drug-likeness (QED) is 0.636. The summed E-state index contributed by atoms with van der Waals surface area (Å²) in [5, 5.41) is 20.2. The molecule has 2 heterocycles. The Kier molecular flexibility index (Phi) is 6.73.